The Bertz CT molecular complexity index is 759. The zero-order chi connectivity index (χ0) is 31.9. The van der Waals surface area contributed by atoms with E-state index in [4.69, 9.17) is 29.0 Å². The third kappa shape index (κ3) is 17.7. The molecule has 0 aromatic heterocycles. The molecule has 2 atom stereocenters. The highest BCUT2D eigenvalue weighted by molar-refractivity contribution is 4.84. The van der Waals surface area contributed by atoms with E-state index < -0.39 is 33.9 Å². The molecule has 0 N–H and O–H groups in total. The standard InChI is InChI=1S/C30H62N4O6/c1-23(2,3)31-33-29(15,21-27(11,12)35-17)39-37-25(7,8)19-20-26(9,10)38-40-30(16,22-28(13,14)36-18)34-32-24(4,5)6/h19-22H2,1-18H3/b33-31+,34-32+. The maximum absolute atomic E-state index is 5.99. The van der Waals surface area contributed by atoms with Gasteiger partial charge in [-0.2, -0.15) is 20.5 Å². The average Bonchev–Trinajstić information content (AvgIpc) is 2.77. The lowest BCUT2D eigenvalue weighted by atomic mass is 9.94. The van der Waals surface area contributed by atoms with E-state index in [1.807, 2.05) is 111 Å². The minimum atomic E-state index is -1.03. The van der Waals surface area contributed by atoms with Crippen LogP contribution in [0.3, 0.4) is 0 Å². The largest absolute Gasteiger partial charge is 0.379 e. The molecule has 0 aromatic rings. The van der Waals surface area contributed by atoms with Crippen molar-refractivity contribution in [1.82, 2.24) is 0 Å². The van der Waals surface area contributed by atoms with Gasteiger partial charge in [0.05, 0.1) is 33.5 Å². The third-order valence-corrected chi connectivity index (χ3v) is 5.96. The van der Waals surface area contributed by atoms with Crippen LogP contribution < -0.4 is 0 Å². The summed E-state index contributed by atoms with van der Waals surface area (Å²) in [5.41, 5.74) is -5.04. The molecule has 238 valence electrons. The molecule has 0 aliphatic carbocycles. The van der Waals surface area contributed by atoms with Crippen LogP contribution in [0.25, 0.3) is 0 Å². The van der Waals surface area contributed by atoms with Crippen LogP contribution in [0.5, 0.6) is 0 Å². The molecule has 0 aliphatic heterocycles. The summed E-state index contributed by atoms with van der Waals surface area (Å²) in [5.74, 6) is 0. The molecule has 0 amide bonds. The zero-order valence-corrected chi connectivity index (χ0v) is 29.1. The first-order valence-electron chi connectivity index (χ1n) is 14.3. The molecule has 0 bridgehead atoms. The van der Waals surface area contributed by atoms with Gasteiger partial charge in [0.2, 0.25) is 11.4 Å². The SMILES string of the molecule is COC(C)(C)CC(C)(/N=N/C(C)(C)C)OOC(C)(C)CCC(C)(C)OOC(C)(CC(C)(C)OC)/N=N/C(C)(C)C. The van der Waals surface area contributed by atoms with Gasteiger partial charge in [0.15, 0.2) is 0 Å². The average molecular weight is 575 g/mol. The van der Waals surface area contributed by atoms with Crippen LogP contribution >= 0.6 is 0 Å². The van der Waals surface area contributed by atoms with E-state index in [-0.39, 0.29) is 11.1 Å². The van der Waals surface area contributed by atoms with Crippen molar-refractivity contribution in [2.75, 3.05) is 14.2 Å². The number of rotatable bonds is 17. The Hall–Kier alpha value is -1.04. The van der Waals surface area contributed by atoms with Crippen molar-refractivity contribution in [3.05, 3.63) is 0 Å². The third-order valence-electron chi connectivity index (χ3n) is 5.96. The van der Waals surface area contributed by atoms with E-state index in [1.165, 1.54) is 0 Å². The highest BCUT2D eigenvalue weighted by Crippen LogP contribution is 2.35. The van der Waals surface area contributed by atoms with Gasteiger partial charge in [-0.1, -0.05) is 0 Å². The Morgan fingerprint density at radius 3 is 0.875 bits per heavy atom. The summed E-state index contributed by atoms with van der Waals surface area (Å²) in [6.45, 7) is 31.4. The van der Waals surface area contributed by atoms with Crippen molar-refractivity contribution in [3.8, 4) is 0 Å². The maximum Gasteiger partial charge on any atom is 0.212 e. The van der Waals surface area contributed by atoms with Gasteiger partial charge in [-0.05, 0) is 124 Å². The fourth-order valence-electron chi connectivity index (χ4n) is 3.49. The van der Waals surface area contributed by atoms with Crippen molar-refractivity contribution in [3.63, 3.8) is 0 Å². The summed E-state index contributed by atoms with van der Waals surface area (Å²) in [6.07, 6.45) is 2.14. The molecule has 10 nitrogen and oxygen atoms in total. The second-order valence-electron chi connectivity index (χ2n) is 15.7. The number of methoxy groups -OCH3 is 2. The van der Waals surface area contributed by atoms with Crippen LogP contribution in [-0.4, -0.2) is 59.2 Å². The first-order valence-corrected chi connectivity index (χ1v) is 14.3. The summed E-state index contributed by atoms with van der Waals surface area (Å²) >= 11 is 0. The van der Waals surface area contributed by atoms with E-state index in [9.17, 15) is 0 Å². The molecule has 10 heteroatoms. The lowest BCUT2D eigenvalue weighted by Gasteiger charge is -2.37. The highest BCUT2D eigenvalue weighted by atomic mass is 17.2. The summed E-state index contributed by atoms with van der Waals surface area (Å²) in [6, 6.07) is 0. The van der Waals surface area contributed by atoms with Crippen LogP contribution in [0, 0.1) is 0 Å². The summed E-state index contributed by atoms with van der Waals surface area (Å²) in [4.78, 5) is 24.0. The number of azo groups is 2. The lowest BCUT2D eigenvalue weighted by Crippen LogP contribution is -2.42. The Balaban J connectivity index is 5.50. The maximum atomic E-state index is 5.99. The van der Waals surface area contributed by atoms with Gasteiger partial charge in [-0.3, -0.25) is 0 Å². The summed E-state index contributed by atoms with van der Waals surface area (Å²) in [7, 11) is 3.34. The molecule has 0 heterocycles. The summed E-state index contributed by atoms with van der Waals surface area (Å²) < 4.78 is 11.3. The molecular formula is C30H62N4O6. The molecule has 0 saturated heterocycles. The minimum absolute atomic E-state index is 0.349. The van der Waals surface area contributed by atoms with Gasteiger partial charge in [0.25, 0.3) is 0 Å². The highest BCUT2D eigenvalue weighted by Gasteiger charge is 2.40. The molecule has 0 saturated carbocycles. The van der Waals surface area contributed by atoms with Crippen LogP contribution in [0.1, 0.15) is 136 Å². The first-order chi connectivity index (χ1) is 17.6. The van der Waals surface area contributed by atoms with Crippen molar-refractivity contribution in [1.29, 1.82) is 0 Å². The Morgan fingerprint density at radius 1 is 0.375 bits per heavy atom. The molecule has 0 radical (unpaired) electrons. The zero-order valence-electron chi connectivity index (χ0n) is 29.1. The molecule has 0 rings (SSSR count). The smallest absolute Gasteiger partial charge is 0.212 e. The van der Waals surface area contributed by atoms with Crippen molar-refractivity contribution >= 4 is 0 Å². The van der Waals surface area contributed by atoms with E-state index >= 15 is 0 Å². The van der Waals surface area contributed by atoms with Gasteiger partial charge in [0, 0.05) is 27.1 Å². The quantitative estimate of drug-likeness (QED) is 0.0976. The van der Waals surface area contributed by atoms with Gasteiger partial charge in [-0.15, -0.1) is 0 Å². The van der Waals surface area contributed by atoms with Crippen LogP contribution in [-0.2, 0) is 29.0 Å². The second-order valence-corrected chi connectivity index (χ2v) is 15.7. The Labute approximate surface area is 245 Å². The van der Waals surface area contributed by atoms with Crippen LogP contribution in [0.15, 0.2) is 20.5 Å². The predicted octanol–water partition coefficient (Wildman–Crippen LogP) is 8.78. The normalized spacial score (nSPS) is 17.9. The fourth-order valence-corrected chi connectivity index (χ4v) is 3.49. The van der Waals surface area contributed by atoms with E-state index in [2.05, 4.69) is 20.5 Å². The number of hydrogen-bond donors (Lipinski definition) is 0. The molecule has 0 aliphatic rings. The van der Waals surface area contributed by atoms with E-state index in [0.717, 1.165) is 0 Å². The van der Waals surface area contributed by atoms with Gasteiger partial charge >= 0.3 is 0 Å². The Kier molecular flexibility index (Phi) is 13.6. The molecule has 0 spiro atoms. The monoisotopic (exact) mass is 574 g/mol. The second kappa shape index (κ2) is 14.0. The van der Waals surface area contributed by atoms with E-state index in [0.29, 0.717) is 25.7 Å². The fraction of sp³-hybridized carbons (Fsp3) is 1.00. The van der Waals surface area contributed by atoms with Crippen molar-refractivity contribution in [2.45, 2.75) is 181 Å². The predicted molar refractivity (Wildman–Crippen MR) is 159 cm³/mol. The topological polar surface area (TPSA) is 105 Å². The van der Waals surface area contributed by atoms with Crippen LogP contribution in [0.4, 0.5) is 0 Å². The number of ether oxygens (including phenoxy) is 2. The lowest BCUT2D eigenvalue weighted by molar-refractivity contribution is -0.421. The summed E-state index contributed by atoms with van der Waals surface area (Å²) in [5, 5.41) is 17.9. The van der Waals surface area contributed by atoms with Gasteiger partial charge in [0.1, 0.15) is 0 Å². The molecule has 40 heavy (non-hydrogen) atoms. The molecular weight excluding hydrogens is 512 g/mol. The number of hydrogen-bond acceptors (Lipinski definition) is 10. The molecule has 2 unspecified atom stereocenters. The van der Waals surface area contributed by atoms with Gasteiger partial charge in [-0.25, -0.2) is 19.6 Å². The molecule has 0 aromatic carbocycles. The molecule has 0 fully saturated rings. The van der Waals surface area contributed by atoms with Crippen molar-refractivity contribution < 1.29 is 29.0 Å². The minimum Gasteiger partial charge on any atom is -0.379 e. The van der Waals surface area contributed by atoms with Gasteiger partial charge < -0.3 is 9.47 Å². The number of nitrogens with zero attached hydrogens (tertiary/aromatic N) is 4. The first kappa shape index (κ1) is 39.0. The van der Waals surface area contributed by atoms with Crippen molar-refractivity contribution in [2.24, 2.45) is 20.5 Å². The van der Waals surface area contributed by atoms with Crippen LogP contribution in [0.2, 0.25) is 0 Å². The Morgan fingerprint density at radius 2 is 0.650 bits per heavy atom. The van der Waals surface area contributed by atoms with E-state index in [1.54, 1.807) is 14.2 Å².